The van der Waals surface area contributed by atoms with Crippen LogP contribution in [0.2, 0.25) is 0 Å². The van der Waals surface area contributed by atoms with Crippen LogP contribution in [0, 0.1) is 10.1 Å². The van der Waals surface area contributed by atoms with E-state index in [1.54, 1.807) is 6.07 Å². The van der Waals surface area contributed by atoms with Gasteiger partial charge in [0, 0.05) is 23.4 Å². The minimum absolute atomic E-state index is 0.0865. The molecular formula is C16H14N2O3. The summed E-state index contributed by atoms with van der Waals surface area (Å²) in [6.45, 7) is 0. The first-order chi connectivity index (χ1) is 10.1. The number of nitro benzene ring substituents is 1. The molecule has 5 heteroatoms. The lowest BCUT2D eigenvalue weighted by atomic mass is 10.1. The Labute approximate surface area is 121 Å². The quantitative estimate of drug-likeness (QED) is 0.693. The number of carbonyl (C=O) groups excluding carboxylic acids is 1. The summed E-state index contributed by atoms with van der Waals surface area (Å²) < 4.78 is 0. The number of anilines is 1. The van der Waals surface area contributed by atoms with Crippen molar-refractivity contribution in [2.24, 2.45) is 0 Å². The SMILES string of the molecule is O=C(Nc1ccc2c(c1)CCC2)c1cccc([N+](=O)[O-])c1. The molecule has 0 radical (unpaired) electrons. The first-order valence-electron chi connectivity index (χ1n) is 6.81. The van der Waals surface area contributed by atoms with E-state index < -0.39 is 4.92 Å². The minimum Gasteiger partial charge on any atom is -0.322 e. The Bertz CT molecular complexity index is 725. The summed E-state index contributed by atoms with van der Waals surface area (Å²) in [5.74, 6) is -0.336. The van der Waals surface area contributed by atoms with Crippen LogP contribution in [0.3, 0.4) is 0 Å². The molecule has 1 aliphatic rings. The summed E-state index contributed by atoms with van der Waals surface area (Å²) in [6, 6.07) is 11.6. The number of fused-ring (bicyclic) bond motifs is 1. The number of aryl methyl sites for hydroxylation is 2. The van der Waals surface area contributed by atoms with E-state index in [1.807, 2.05) is 18.2 Å². The van der Waals surface area contributed by atoms with Gasteiger partial charge in [-0.3, -0.25) is 14.9 Å². The maximum absolute atomic E-state index is 12.2. The Morgan fingerprint density at radius 1 is 1.10 bits per heavy atom. The fraction of sp³-hybridized carbons (Fsp3) is 0.188. The zero-order valence-electron chi connectivity index (χ0n) is 11.3. The molecule has 0 fully saturated rings. The van der Waals surface area contributed by atoms with E-state index in [1.165, 1.54) is 29.3 Å². The van der Waals surface area contributed by atoms with Gasteiger partial charge in [0.25, 0.3) is 11.6 Å². The van der Waals surface area contributed by atoms with Gasteiger partial charge in [-0.1, -0.05) is 12.1 Å². The number of hydrogen-bond acceptors (Lipinski definition) is 3. The normalized spacial score (nSPS) is 12.8. The lowest BCUT2D eigenvalue weighted by Crippen LogP contribution is -2.12. The molecule has 0 heterocycles. The molecule has 1 aliphatic carbocycles. The van der Waals surface area contributed by atoms with E-state index in [2.05, 4.69) is 5.32 Å². The van der Waals surface area contributed by atoms with Gasteiger partial charge < -0.3 is 5.32 Å². The Balaban J connectivity index is 1.80. The first kappa shape index (κ1) is 13.3. The van der Waals surface area contributed by atoms with Gasteiger partial charge in [0.15, 0.2) is 0 Å². The Morgan fingerprint density at radius 2 is 1.90 bits per heavy atom. The Morgan fingerprint density at radius 3 is 2.71 bits per heavy atom. The fourth-order valence-corrected chi connectivity index (χ4v) is 2.61. The van der Waals surface area contributed by atoms with Gasteiger partial charge in [0.2, 0.25) is 0 Å². The summed E-state index contributed by atoms with van der Waals surface area (Å²) in [7, 11) is 0. The zero-order valence-corrected chi connectivity index (χ0v) is 11.3. The average Bonchev–Trinajstić information content (AvgIpc) is 2.95. The number of nitrogens with one attached hydrogen (secondary N) is 1. The van der Waals surface area contributed by atoms with Crippen LogP contribution >= 0.6 is 0 Å². The summed E-state index contributed by atoms with van der Waals surface area (Å²) in [5, 5.41) is 13.5. The Kier molecular flexibility index (Phi) is 3.39. The maximum atomic E-state index is 12.2. The lowest BCUT2D eigenvalue weighted by Gasteiger charge is -2.07. The van der Waals surface area contributed by atoms with Gasteiger partial charge >= 0.3 is 0 Å². The monoisotopic (exact) mass is 282 g/mol. The van der Waals surface area contributed by atoms with Crippen LogP contribution in [-0.2, 0) is 12.8 Å². The van der Waals surface area contributed by atoms with Gasteiger partial charge in [0.05, 0.1) is 4.92 Å². The third-order valence-corrected chi connectivity index (χ3v) is 3.68. The molecule has 0 aromatic heterocycles. The van der Waals surface area contributed by atoms with Crippen molar-refractivity contribution < 1.29 is 9.72 Å². The van der Waals surface area contributed by atoms with Crippen molar-refractivity contribution in [2.75, 3.05) is 5.32 Å². The zero-order chi connectivity index (χ0) is 14.8. The van der Waals surface area contributed by atoms with Crippen LogP contribution < -0.4 is 5.32 Å². The molecule has 1 N–H and O–H groups in total. The average molecular weight is 282 g/mol. The molecule has 0 spiro atoms. The van der Waals surface area contributed by atoms with Crippen molar-refractivity contribution in [1.82, 2.24) is 0 Å². The molecule has 0 unspecified atom stereocenters. The van der Waals surface area contributed by atoms with E-state index >= 15 is 0 Å². The molecule has 5 nitrogen and oxygen atoms in total. The largest absolute Gasteiger partial charge is 0.322 e. The number of nitrogens with zero attached hydrogens (tertiary/aromatic N) is 1. The van der Waals surface area contributed by atoms with Crippen LogP contribution in [0.25, 0.3) is 0 Å². The van der Waals surface area contributed by atoms with Crippen LogP contribution in [0.1, 0.15) is 27.9 Å². The van der Waals surface area contributed by atoms with Crippen LogP contribution in [-0.4, -0.2) is 10.8 Å². The second-order valence-electron chi connectivity index (χ2n) is 5.10. The molecule has 0 saturated carbocycles. The predicted molar refractivity (Wildman–Crippen MR) is 79.5 cm³/mol. The van der Waals surface area contributed by atoms with Gasteiger partial charge in [-0.05, 0) is 48.6 Å². The number of hydrogen-bond donors (Lipinski definition) is 1. The number of benzene rings is 2. The highest BCUT2D eigenvalue weighted by atomic mass is 16.6. The molecule has 2 aromatic carbocycles. The highest BCUT2D eigenvalue weighted by Gasteiger charge is 2.14. The molecule has 0 bridgehead atoms. The van der Waals surface area contributed by atoms with Crippen molar-refractivity contribution >= 4 is 17.3 Å². The van der Waals surface area contributed by atoms with Gasteiger partial charge in [-0.15, -0.1) is 0 Å². The molecule has 21 heavy (non-hydrogen) atoms. The number of carbonyl (C=O) groups is 1. The molecule has 1 amide bonds. The highest BCUT2D eigenvalue weighted by molar-refractivity contribution is 6.04. The summed E-state index contributed by atoms with van der Waals surface area (Å²) >= 11 is 0. The molecule has 0 aliphatic heterocycles. The van der Waals surface area contributed by atoms with E-state index in [9.17, 15) is 14.9 Å². The van der Waals surface area contributed by atoms with E-state index in [0.717, 1.165) is 24.9 Å². The third kappa shape index (κ3) is 2.76. The van der Waals surface area contributed by atoms with E-state index in [0.29, 0.717) is 0 Å². The van der Waals surface area contributed by atoms with Crippen LogP contribution in [0.5, 0.6) is 0 Å². The summed E-state index contributed by atoms with van der Waals surface area (Å²) in [6.07, 6.45) is 3.28. The lowest BCUT2D eigenvalue weighted by molar-refractivity contribution is -0.384. The topological polar surface area (TPSA) is 72.2 Å². The molecule has 0 saturated heterocycles. The third-order valence-electron chi connectivity index (χ3n) is 3.68. The molecular weight excluding hydrogens is 268 g/mol. The second kappa shape index (κ2) is 5.36. The Hall–Kier alpha value is -2.69. The molecule has 106 valence electrons. The van der Waals surface area contributed by atoms with Crippen LogP contribution in [0.4, 0.5) is 11.4 Å². The fourth-order valence-electron chi connectivity index (χ4n) is 2.61. The summed E-state index contributed by atoms with van der Waals surface area (Å²) in [4.78, 5) is 22.4. The number of rotatable bonds is 3. The van der Waals surface area contributed by atoms with Gasteiger partial charge in [-0.25, -0.2) is 0 Å². The van der Waals surface area contributed by atoms with Crippen molar-refractivity contribution in [3.05, 3.63) is 69.3 Å². The van der Waals surface area contributed by atoms with Gasteiger partial charge in [0.1, 0.15) is 0 Å². The van der Waals surface area contributed by atoms with E-state index in [-0.39, 0.29) is 17.2 Å². The minimum atomic E-state index is -0.508. The second-order valence-corrected chi connectivity index (χ2v) is 5.10. The van der Waals surface area contributed by atoms with Crippen LogP contribution in [0.15, 0.2) is 42.5 Å². The van der Waals surface area contributed by atoms with E-state index in [4.69, 9.17) is 0 Å². The van der Waals surface area contributed by atoms with Gasteiger partial charge in [-0.2, -0.15) is 0 Å². The molecule has 0 atom stereocenters. The molecule has 2 aromatic rings. The smallest absolute Gasteiger partial charge is 0.270 e. The molecule has 3 rings (SSSR count). The van der Waals surface area contributed by atoms with Crippen molar-refractivity contribution in [1.29, 1.82) is 0 Å². The highest BCUT2D eigenvalue weighted by Crippen LogP contribution is 2.25. The van der Waals surface area contributed by atoms with Crippen molar-refractivity contribution in [3.8, 4) is 0 Å². The van der Waals surface area contributed by atoms with Crippen molar-refractivity contribution in [2.45, 2.75) is 19.3 Å². The van der Waals surface area contributed by atoms with Crippen molar-refractivity contribution in [3.63, 3.8) is 0 Å². The predicted octanol–water partition coefficient (Wildman–Crippen LogP) is 3.34. The number of nitro groups is 1. The number of non-ortho nitro benzene ring substituents is 1. The standard InChI is InChI=1S/C16H14N2O3/c19-16(13-5-2-6-15(10-13)18(20)21)17-14-8-7-11-3-1-4-12(11)9-14/h2,5-10H,1,3-4H2,(H,17,19). The maximum Gasteiger partial charge on any atom is 0.270 e. The summed E-state index contributed by atoms with van der Waals surface area (Å²) in [5.41, 5.74) is 3.53. The number of amides is 1. The first-order valence-corrected chi connectivity index (χ1v) is 6.81.